The predicted molar refractivity (Wildman–Crippen MR) is 79.1 cm³/mol. The van der Waals surface area contributed by atoms with Gasteiger partial charge in [0.2, 0.25) is 0 Å². The molecule has 19 heavy (non-hydrogen) atoms. The minimum absolute atomic E-state index is 0.811. The summed E-state index contributed by atoms with van der Waals surface area (Å²) in [4.78, 5) is 2.59. The van der Waals surface area contributed by atoms with E-state index >= 15 is 0 Å². The zero-order valence-electron chi connectivity index (χ0n) is 12.5. The van der Waals surface area contributed by atoms with Crippen LogP contribution >= 0.6 is 0 Å². The van der Waals surface area contributed by atoms with Crippen LogP contribution in [0.3, 0.4) is 0 Å². The lowest BCUT2D eigenvalue weighted by atomic mass is 9.54. The van der Waals surface area contributed by atoms with Crippen LogP contribution in [0, 0.1) is 23.7 Å². The van der Waals surface area contributed by atoms with Crippen LogP contribution in [0.15, 0.2) is 0 Å². The van der Waals surface area contributed by atoms with E-state index in [1.807, 2.05) is 0 Å². The van der Waals surface area contributed by atoms with Gasteiger partial charge in [-0.05, 0) is 82.2 Å². The maximum atomic E-state index is 4.02. The van der Waals surface area contributed by atoms with E-state index in [0.717, 1.165) is 35.8 Å². The van der Waals surface area contributed by atoms with Crippen LogP contribution in [0.5, 0.6) is 0 Å². The summed E-state index contributed by atoms with van der Waals surface area (Å²) in [5.41, 5.74) is 0. The van der Waals surface area contributed by atoms with E-state index in [4.69, 9.17) is 0 Å². The van der Waals surface area contributed by atoms with Crippen molar-refractivity contribution in [3.05, 3.63) is 0 Å². The second-order valence-corrected chi connectivity index (χ2v) is 7.99. The van der Waals surface area contributed by atoms with Crippen molar-refractivity contribution >= 4 is 0 Å². The second-order valence-electron chi connectivity index (χ2n) is 7.99. The molecule has 1 unspecified atom stereocenters. The van der Waals surface area contributed by atoms with Crippen LogP contribution in [0.4, 0.5) is 0 Å². The van der Waals surface area contributed by atoms with Gasteiger partial charge < -0.3 is 10.2 Å². The van der Waals surface area contributed by atoms with E-state index in [0.29, 0.717) is 0 Å². The van der Waals surface area contributed by atoms with Gasteiger partial charge in [0.15, 0.2) is 0 Å². The molecule has 4 bridgehead atoms. The third-order valence-corrected chi connectivity index (χ3v) is 6.74. The summed E-state index contributed by atoms with van der Waals surface area (Å²) in [7, 11) is 2.32. The number of likely N-dealkylation sites (tertiary alicyclic amines) is 1. The van der Waals surface area contributed by atoms with Gasteiger partial charge in [-0.15, -0.1) is 0 Å². The number of likely N-dealkylation sites (N-methyl/N-ethyl adjacent to an activating group) is 1. The molecular formula is C17H30N2. The maximum absolute atomic E-state index is 4.02. The van der Waals surface area contributed by atoms with E-state index in [1.165, 1.54) is 32.4 Å². The normalized spacial score (nSPS) is 49.7. The van der Waals surface area contributed by atoms with Crippen LogP contribution in [-0.4, -0.2) is 37.1 Å². The highest BCUT2D eigenvalue weighted by molar-refractivity contribution is 5.01. The van der Waals surface area contributed by atoms with Crippen LogP contribution < -0.4 is 5.32 Å². The topological polar surface area (TPSA) is 15.3 Å². The lowest BCUT2D eigenvalue weighted by Gasteiger charge is -2.55. The van der Waals surface area contributed by atoms with E-state index in [1.54, 1.807) is 32.1 Å². The molecular weight excluding hydrogens is 232 g/mol. The summed E-state index contributed by atoms with van der Waals surface area (Å²) in [6.07, 6.45) is 12.0. The summed E-state index contributed by atoms with van der Waals surface area (Å²) in [5, 5.41) is 4.02. The molecule has 108 valence electrons. The molecule has 0 aromatic heterocycles. The lowest BCUT2D eigenvalue weighted by molar-refractivity contribution is -0.0162. The molecule has 0 aromatic carbocycles. The van der Waals surface area contributed by atoms with Crippen molar-refractivity contribution in [3.63, 3.8) is 0 Å². The Morgan fingerprint density at radius 2 is 1.63 bits per heavy atom. The van der Waals surface area contributed by atoms with Gasteiger partial charge in [-0.25, -0.2) is 0 Å². The van der Waals surface area contributed by atoms with Crippen LogP contribution in [-0.2, 0) is 0 Å². The Balaban J connectivity index is 1.35. The predicted octanol–water partition coefficient (Wildman–Crippen LogP) is 2.89. The number of rotatable bonds is 3. The van der Waals surface area contributed by atoms with Crippen molar-refractivity contribution < 1.29 is 0 Å². The zero-order chi connectivity index (χ0) is 12.8. The molecule has 1 aliphatic heterocycles. The van der Waals surface area contributed by atoms with E-state index in [-0.39, 0.29) is 0 Å². The highest BCUT2D eigenvalue weighted by atomic mass is 15.2. The molecule has 5 aliphatic rings. The van der Waals surface area contributed by atoms with Crippen LogP contribution in [0.2, 0.25) is 0 Å². The van der Waals surface area contributed by atoms with Gasteiger partial charge in [-0.3, -0.25) is 0 Å². The Morgan fingerprint density at radius 3 is 2.26 bits per heavy atom. The van der Waals surface area contributed by atoms with Crippen molar-refractivity contribution in [2.75, 3.05) is 20.1 Å². The van der Waals surface area contributed by atoms with Crippen LogP contribution in [0.1, 0.15) is 51.4 Å². The van der Waals surface area contributed by atoms with E-state index in [9.17, 15) is 0 Å². The van der Waals surface area contributed by atoms with Gasteiger partial charge in [0, 0.05) is 18.6 Å². The smallest absolute Gasteiger partial charge is 0.0217 e. The molecule has 2 heteroatoms. The Morgan fingerprint density at radius 1 is 0.947 bits per heavy atom. The average molecular weight is 262 g/mol. The van der Waals surface area contributed by atoms with Gasteiger partial charge in [0.05, 0.1) is 0 Å². The Bertz CT molecular complexity index is 299. The molecule has 4 saturated carbocycles. The number of piperidine rings is 1. The molecule has 5 rings (SSSR count). The fourth-order valence-electron chi connectivity index (χ4n) is 5.93. The molecule has 0 aromatic rings. The fraction of sp³-hybridized carbons (Fsp3) is 1.00. The summed E-state index contributed by atoms with van der Waals surface area (Å²) >= 11 is 0. The molecule has 1 atom stereocenters. The first kappa shape index (κ1) is 12.6. The van der Waals surface area contributed by atoms with Crippen molar-refractivity contribution in [2.24, 2.45) is 23.7 Å². The third-order valence-electron chi connectivity index (χ3n) is 6.74. The fourth-order valence-corrected chi connectivity index (χ4v) is 5.93. The molecule has 0 radical (unpaired) electrons. The summed E-state index contributed by atoms with van der Waals surface area (Å²) in [6, 6.07) is 1.69. The quantitative estimate of drug-likeness (QED) is 0.841. The minimum Gasteiger partial charge on any atom is -0.312 e. The lowest BCUT2D eigenvalue weighted by Crippen LogP contribution is -2.56. The number of hydrogen-bond acceptors (Lipinski definition) is 2. The number of nitrogens with one attached hydrogen (secondary N) is 1. The van der Waals surface area contributed by atoms with Gasteiger partial charge in [-0.2, -0.15) is 0 Å². The van der Waals surface area contributed by atoms with E-state index < -0.39 is 0 Å². The summed E-state index contributed by atoms with van der Waals surface area (Å²) in [5.74, 6) is 4.28. The number of hydrogen-bond donors (Lipinski definition) is 1. The molecule has 0 spiro atoms. The summed E-state index contributed by atoms with van der Waals surface area (Å²) in [6.45, 7) is 2.57. The third kappa shape index (κ3) is 2.35. The molecule has 1 N–H and O–H groups in total. The van der Waals surface area contributed by atoms with Crippen molar-refractivity contribution in [2.45, 2.75) is 63.5 Å². The second kappa shape index (κ2) is 5.04. The largest absolute Gasteiger partial charge is 0.312 e. The van der Waals surface area contributed by atoms with Gasteiger partial charge >= 0.3 is 0 Å². The average Bonchev–Trinajstić information content (AvgIpc) is 2.39. The van der Waals surface area contributed by atoms with Crippen molar-refractivity contribution in [3.8, 4) is 0 Å². The first-order chi connectivity index (χ1) is 9.29. The standard InChI is InChI=1S/C17H30N2/c1-19-5-3-2-4-16(19)11-18-17-14-7-12-6-13(9-14)10-15(17)8-12/h12-18H,2-11H2,1H3. The van der Waals surface area contributed by atoms with Gasteiger partial charge in [0.25, 0.3) is 0 Å². The Hall–Kier alpha value is -0.0800. The minimum atomic E-state index is 0.811. The Labute approximate surface area is 118 Å². The Kier molecular flexibility index (Phi) is 3.35. The molecule has 1 heterocycles. The van der Waals surface area contributed by atoms with Gasteiger partial charge in [-0.1, -0.05) is 6.42 Å². The van der Waals surface area contributed by atoms with E-state index in [2.05, 4.69) is 17.3 Å². The molecule has 5 fully saturated rings. The highest BCUT2D eigenvalue weighted by Crippen LogP contribution is 2.53. The SMILES string of the molecule is CN1CCCCC1CNC1C2CC3CC(C2)CC1C3. The first-order valence-electron chi connectivity index (χ1n) is 8.73. The number of nitrogens with zero attached hydrogens (tertiary/aromatic N) is 1. The molecule has 0 amide bonds. The summed E-state index contributed by atoms with van der Waals surface area (Å²) < 4.78 is 0. The maximum Gasteiger partial charge on any atom is 0.0217 e. The van der Waals surface area contributed by atoms with Crippen molar-refractivity contribution in [1.82, 2.24) is 10.2 Å². The zero-order valence-corrected chi connectivity index (χ0v) is 12.5. The van der Waals surface area contributed by atoms with Crippen molar-refractivity contribution in [1.29, 1.82) is 0 Å². The molecule has 1 saturated heterocycles. The monoisotopic (exact) mass is 262 g/mol. The highest BCUT2D eigenvalue weighted by Gasteiger charge is 2.48. The van der Waals surface area contributed by atoms with Gasteiger partial charge in [0.1, 0.15) is 0 Å². The molecule has 4 aliphatic carbocycles. The van der Waals surface area contributed by atoms with Crippen LogP contribution in [0.25, 0.3) is 0 Å². The molecule has 2 nitrogen and oxygen atoms in total. The first-order valence-corrected chi connectivity index (χ1v) is 8.73.